The first-order valence-electron chi connectivity index (χ1n) is 15.6. The molecule has 2 aliphatic rings. The summed E-state index contributed by atoms with van der Waals surface area (Å²) in [7, 11) is 0. The molecule has 1 saturated carbocycles. The number of rotatable bonds is 7. The zero-order valence-corrected chi connectivity index (χ0v) is 26.0. The number of esters is 2. The molecule has 244 valence electrons. The minimum atomic E-state index is -1.62. The van der Waals surface area contributed by atoms with E-state index in [9.17, 15) is 29.1 Å². The quantitative estimate of drug-likeness (QED) is 0.265. The smallest absolute Gasteiger partial charge is 0.408 e. The first-order chi connectivity index (χ1) is 20.9. The number of hydrogen-bond acceptors (Lipinski definition) is 9. The molecule has 0 spiro atoms. The molecule has 12 nitrogen and oxygen atoms in total. The topological polar surface area (TPSA) is 169 Å². The van der Waals surface area contributed by atoms with Crippen LogP contribution in [0.15, 0.2) is 30.3 Å². The second-order valence-corrected chi connectivity index (χ2v) is 12.5. The lowest BCUT2D eigenvalue weighted by Gasteiger charge is -2.31. The summed E-state index contributed by atoms with van der Waals surface area (Å²) < 4.78 is 15.8. The van der Waals surface area contributed by atoms with Crippen molar-refractivity contribution in [2.45, 2.75) is 115 Å². The summed E-state index contributed by atoms with van der Waals surface area (Å²) in [5.74, 6) is -2.54. The molecule has 44 heavy (non-hydrogen) atoms. The maximum absolute atomic E-state index is 13.7. The minimum Gasteiger partial charge on any atom is -0.466 e. The number of aliphatic hydroxyl groups is 1. The average Bonchev–Trinajstić information content (AvgIpc) is 2.97. The molecule has 3 amide bonds. The molecule has 1 aliphatic heterocycles. The number of aliphatic hydroxyl groups excluding tert-OH is 1. The summed E-state index contributed by atoms with van der Waals surface area (Å²) in [6.07, 6.45) is 3.22. The number of nitrogens with one attached hydrogen (secondary N) is 3. The van der Waals surface area contributed by atoms with Crippen molar-refractivity contribution in [1.29, 1.82) is 0 Å². The van der Waals surface area contributed by atoms with E-state index in [1.807, 2.05) is 6.07 Å². The molecule has 1 aromatic carbocycles. The van der Waals surface area contributed by atoms with E-state index in [-0.39, 0.29) is 44.8 Å². The van der Waals surface area contributed by atoms with Gasteiger partial charge in [-0.3, -0.25) is 14.4 Å². The van der Waals surface area contributed by atoms with Gasteiger partial charge in [0.05, 0.1) is 19.3 Å². The number of hydrogen-bond donors (Lipinski definition) is 4. The fraction of sp³-hybridized carbons (Fsp3) is 0.656. The Labute approximate surface area is 259 Å². The first kappa shape index (κ1) is 34.8. The number of ether oxygens (including phenoxy) is 3. The van der Waals surface area contributed by atoms with Crippen molar-refractivity contribution in [3.05, 3.63) is 35.9 Å². The average molecular weight is 618 g/mol. The van der Waals surface area contributed by atoms with Gasteiger partial charge >= 0.3 is 18.0 Å². The van der Waals surface area contributed by atoms with Crippen molar-refractivity contribution in [2.75, 3.05) is 13.2 Å². The van der Waals surface area contributed by atoms with Crippen LogP contribution in [0.1, 0.15) is 84.1 Å². The van der Waals surface area contributed by atoms with E-state index >= 15 is 0 Å². The monoisotopic (exact) mass is 617 g/mol. The van der Waals surface area contributed by atoms with Gasteiger partial charge in [0.2, 0.25) is 11.8 Å². The molecule has 4 N–H and O–H groups in total. The zero-order chi connectivity index (χ0) is 32.1. The Morgan fingerprint density at radius 2 is 1.70 bits per heavy atom. The highest BCUT2D eigenvalue weighted by Crippen LogP contribution is 2.28. The van der Waals surface area contributed by atoms with Gasteiger partial charge in [0.15, 0.2) is 6.10 Å². The fourth-order valence-electron chi connectivity index (χ4n) is 5.38. The molecule has 3 rings (SSSR count). The van der Waals surface area contributed by atoms with Gasteiger partial charge in [-0.15, -0.1) is 0 Å². The predicted molar refractivity (Wildman–Crippen MR) is 160 cm³/mol. The van der Waals surface area contributed by atoms with Crippen molar-refractivity contribution < 1.29 is 43.3 Å². The molecular weight excluding hydrogens is 570 g/mol. The molecule has 12 heteroatoms. The summed E-state index contributed by atoms with van der Waals surface area (Å²) in [5.41, 5.74) is -0.0375. The highest BCUT2D eigenvalue weighted by atomic mass is 16.6. The lowest BCUT2D eigenvalue weighted by molar-refractivity contribution is -0.157. The summed E-state index contributed by atoms with van der Waals surface area (Å²) in [4.78, 5) is 64.8. The van der Waals surface area contributed by atoms with Gasteiger partial charge in [0.25, 0.3) is 0 Å². The molecule has 0 radical (unpaired) electrons. The van der Waals surface area contributed by atoms with Crippen LogP contribution in [0.4, 0.5) is 4.79 Å². The van der Waals surface area contributed by atoms with E-state index in [4.69, 9.17) is 14.2 Å². The van der Waals surface area contributed by atoms with Crippen LogP contribution >= 0.6 is 0 Å². The van der Waals surface area contributed by atoms with Crippen LogP contribution in [-0.4, -0.2) is 78.0 Å². The summed E-state index contributed by atoms with van der Waals surface area (Å²) in [6, 6.07) is 5.81. The van der Waals surface area contributed by atoms with Crippen molar-refractivity contribution >= 4 is 29.8 Å². The summed E-state index contributed by atoms with van der Waals surface area (Å²) in [6.45, 7) is 4.88. The molecule has 1 saturated heterocycles. The molecule has 1 aliphatic carbocycles. The van der Waals surface area contributed by atoms with Gasteiger partial charge in [-0.1, -0.05) is 62.4 Å². The van der Waals surface area contributed by atoms with Crippen LogP contribution in [0.5, 0.6) is 0 Å². The van der Waals surface area contributed by atoms with E-state index in [0.717, 1.165) is 37.7 Å². The third-order valence-electron chi connectivity index (χ3n) is 7.62. The highest BCUT2D eigenvalue weighted by Gasteiger charge is 2.35. The Bertz CT molecular complexity index is 1120. The fourth-order valence-corrected chi connectivity index (χ4v) is 5.38. The van der Waals surface area contributed by atoms with Gasteiger partial charge in [0, 0.05) is 19.3 Å². The number of carbonyl (C=O) groups excluding carboxylic acids is 5. The Hall–Kier alpha value is -3.67. The molecule has 0 aromatic heterocycles. The Morgan fingerprint density at radius 1 is 1.00 bits per heavy atom. The standard InChI is InChI=1S/C32H47N3O9/c1-32(2,3)44-31(41)35-25(20-22-13-8-5-9-14-22)29(39)33-23-16-18-42-26(36)15-10-17-43-30(40)27(37)24(34-28(23)38)19-21-11-6-4-7-12-21/h5,8-9,13-14,21,23-25,27,37H,4,6-7,10-12,15-20H2,1-3H3,(H,33,39)(H,34,38)(H,35,41)/t23-,24-,25-,27+/m0/s1. The molecule has 1 aromatic rings. The molecule has 1 heterocycles. The zero-order valence-electron chi connectivity index (χ0n) is 26.0. The van der Waals surface area contributed by atoms with Gasteiger partial charge in [0.1, 0.15) is 17.7 Å². The highest BCUT2D eigenvalue weighted by molar-refractivity contribution is 5.92. The van der Waals surface area contributed by atoms with Gasteiger partial charge in [-0.2, -0.15) is 0 Å². The van der Waals surface area contributed by atoms with Gasteiger partial charge in [-0.05, 0) is 45.1 Å². The second-order valence-electron chi connectivity index (χ2n) is 12.5. The number of carbonyl (C=O) groups is 5. The number of benzene rings is 1. The van der Waals surface area contributed by atoms with Crippen LogP contribution in [-0.2, 0) is 39.8 Å². The van der Waals surface area contributed by atoms with Crippen LogP contribution in [0.2, 0.25) is 0 Å². The van der Waals surface area contributed by atoms with E-state index in [1.54, 1.807) is 45.0 Å². The lowest BCUT2D eigenvalue weighted by atomic mass is 9.83. The molecular formula is C32H47N3O9. The Balaban J connectivity index is 1.82. The number of amides is 3. The maximum Gasteiger partial charge on any atom is 0.408 e. The van der Waals surface area contributed by atoms with E-state index < -0.39 is 59.7 Å². The summed E-state index contributed by atoms with van der Waals surface area (Å²) >= 11 is 0. The third-order valence-corrected chi connectivity index (χ3v) is 7.62. The molecule has 0 bridgehead atoms. The van der Waals surface area contributed by atoms with Crippen molar-refractivity contribution in [2.24, 2.45) is 5.92 Å². The SMILES string of the molecule is CC(C)(C)OC(=O)N[C@@H](Cc1ccccc1)C(=O)N[C@H]1CCOC(=O)CCCOC(=O)[C@H](O)[C@H](CC2CCCCC2)NC1=O. The van der Waals surface area contributed by atoms with E-state index in [0.29, 0.717) is 6.42 Å². The second kappa shape index (κ2) is 17.0. The Morgan fingerprint density at radius 3 is 2.39 bits per heavy atom. The first-order valence-corrected chi connectivity index (χ1v) is 15.6. The predicted octanol–water partition coefficient (Wildman–Crippen LogP) is 2.69. The van der Waals surface area contributed by atoms with Crippen molar-refractivity contribution in [3.63, 3.8) is 0 Å². The molecule has 0 unspecified atom stereocenters. The van der Waals surface area contributed by atoms with Crippen LogP contribution < -0.4 is 16.0 Å². The number of cyclic esters (lactones) is 2. The maximum atomic E-state index is 13.7. The largest absolute Gasteiger partial charge is 0.466 e. The van der Waals surface area contributed by atoms with Crippen molar-refractivity contribution in [1.82, 2.24) is 16.0 Å². The van der Waals surface area contributed by atoms with Gasteiger partial charge in [-0.25, -0.2) is 9.59 Å². The van der Waals surface area contributed by atoms with Gasteiger partial charge < -0.3 is 35.3 Å². The van der Waals surface area contributed by atoms with Crippen LogP contribution in [0, 0.1) is 5.92 Å². The number of alkyl carbamates (subject to hydrolysis) is 1. The lowest BCUT2D eigenvalue weighted by Crippen LogP contribution is -2.58. The normalized spacial score (nSPS) is 23.6. The van der Waals surface area contributed by atoms with Crippen LogP contribution in [0.3, 0.4) is 0 Å². The molecule has 4 atom stereocenters. The van der Waals surface area contributed by atoms with Crippen molar-refractivity contribution in [3.8, 4) is 0 Å². The van der Waals surface area contributed by atoms with E-state index in [1.165, 1.54) is 0 Å². The Kier molecular flexibility index (Phi) is 13.4. The molecule has 2 fully saturated rings. The third kappa shape index (κ3) is 12.1. The summed E-state index contributed by atoms with van der Waals surface area (Å²) in [5, 5.41) is 19.0. The van der Waals surface area contributed by atoms with E-state index in [2.05, 4.69) is 16.0 Å². The minimum absolute atomic E-state index is 0.0168. The van der Waals surface area contributed by atoms with Crippen LogP contribution in [0.25, 0.3) is 0 Å².